The number of thiazole rings is 1. The van der Waals surface area contributed by atoms with Crippen LogP contribution in [-0.2, 0) is 11.2 Å². The quantitative estimate of drug-likeness (QED) is 0.591. The van der Waals surface area contributed by atoms with E-state index in [1.54, 1.807) is 19.2 Å². The molecular weight excluding hydrogens is 363 g/mol. The van der Waals surface area contributed by atoms with E-state index in [4.69, 9.17) is 5.11 Å². The molecule has 140 valence electrons. The second kappa shape index (κ2) is 8.31. The second-order valence-corrected chi connectivity index (χ2v) is 7.38. The summed E-state index contributed by atoms with van der Waals surface area (Å²) in [5.41, 5.74) is 3.02. The van der Waals surface area contributed by atoms with Crippen molar-refractivity contribution in [2.75, 3.05) is 12.4 Å². The van der Waals surface area contributed by atoms with Crippen LogP contribution in [0.1, 0.15) is 35.4 Å². The summed E-state index contributed by atoms with van der Waals surface area (Å²) in [4.78, 5) is 16.4. The van der Waals surface area contributed by atoms with Crippen LogP contribution in [0.2, 0.25) is 0 Å². The summed E-state index contributed by atoms with van der Waals surface area (Å²) in [6.45, 7) is 1.97. The molecule has 1 atom stereocenters. The molecule has 1 heterocycles. The third kappa shape index (κ3) is 4.34. The molecule has 0 aliphatic rings. The molecule has 0 saturated carbocycles. The fourth-order valence-electron chi connectivity index (χ4n) is 3.02. The van der Waals surface area contributed by atoms with Gasteiger partial charge in [0.1, 0.15) is 5.82 Å². The third-order valence-corrected chi connectivity index (χ3v) is 5.64. The molecule has 0 fully saturated rings. The smallest absolute Gasteiger partial charge is 0.303 e. The van der Waals surface area contributed by atoms with Gasteiger partial charge in [-0.3, -0.25) is 4.79 Å². The number of aliphatic carboxylic acids is 1. The molecule has 0 aliphatic carbocycles. The maximum Gasteiger partial charge on any atom is 0.303 e. The Morgan fingerprint density at radius 2 is 2.00 bits per heavy atom. The Balaban J connectivity index is 1.92. The number of hydrogen-bond acceptors (Lipinski definition) is 4. The molecule has 4 nitrogen and oxygen atoms in total. The number of carboxylic acids is 1. The molecule has 2 aromatic carbocycles. The van der Waals surface area contributed by atoms with Gasteiger partial charge in [-0.2, -0.15) is 0 Å². The largest absolute Gasteiger partial charge is 0.481 e. The summed E-state index contributed by atoms with van der Waals surface area (Å²) in [7, 11) is 1.78. The first-order chi connectivity index (χ1) is 13.0. The van der Waals surface area contributed by atoms with Gasteiger partial charge < -0.3 is 10.4 Å². The summed E-state index contributed by atoms with van der Waals surface area (Å²) < 4.78 is 14.7. The Bertz CT molecular complexity index is 941. The molecule has 27 heavy (non-hydrogen) atoms. The van der Waals surface area contributed by atoms with Gasteiger partial charge in [0.25, 0.3) is 0 Å². The molecule has 0 bridgehead atoms. The van der Waals surface area contributed by atoms with Crippen LogP contribution < -0.4 is 5.32 Å². The van der Waals surface area contributed by atoms with E-state index in [0.29, 0.717) is 12.0 Å². The van der Waals surface area contributed by atoms with Gasteiger partial charge in [0.05, 0.1) is 12.1 Å². The van der Waals surface area contributed by atoms with Crippen molar-refractivity contribution < 1.29 is 14.3 Å². The minimum Gasteiger partial charge on any atom is -0.481 e. The highest BCUT2D eigenvalue weighted by atomic mass is 32.1. The van der Waals surface area contributed by atoms with Gasteiger partial charge in [0.2, 0.25) is 0 Å². The van der Waals surface area contributed by atoms with E-state index in [0.717, 1.165) is 26.8 Å². The predicted octanol–water partition coefficient (Wildman–Crippen LogP) is 5.16. The summed E-state index contributed by atoms with van der Waals surface area (Å²) in [5, 5.41) is 12.7. The molecule has 6 heteroatoms. The monoisotopic (exact) mass is 384 g/mol. The molecule has 0 saturated heterocycles. The minimum absolute atomic E-state index is 0.0480. The zero-order chi connectivity index (χ0) is 19.4. The fraction of sp³-hybridized carbons (Fsp3) is 0.238. The highest BCUT2D eigenvalue weighted by Crippen LogP contribution is 2.34. The van der Waals surface area contributed by atoms with Crippen molar-refractivity contribution in [2.45, 2.75) is 25.7 Å². The first-order valence-electron chi connectivity index (χ1n) is 8.73. The van der Waals surface area contributed by atoms with Crippen molar-refractivity contribution >= 4 is 22.4 Å². The Morgan fingerprint density at radius 3 is 2.63 bits per heavy atom. The molecule has 0 spiro atoms. The van der Waals surface area contributed by atoms with Crippen molar-refractivity contribution in [3.05, 3.63) is 70.5 Å². The Hall–Kier alpha value is -2.73. The number of hydrogen-bond donors (Lipinski definition) is 2. The van der Waals surface area contributed by atoms with Crippen LogP contribution in [0.15, 0.2) is 48.5 Å². The summed E-state index contributed by atoms with van der Waals surface area (Å²) in [6, 6.07) is 14.7. The molecule has 1 aromatic heterocycles. The van der Waals surface area contributed by atoms with Crippen LogP contribution in [0.25, 0.3) is 11.1 Å². The van der Waals surface area contributed by atoms with Gasteiger partial charge in [0.15, 0.2) is 5.13 Å². The second-order valence-electron chi connectivity index (χ2n) is 6.30. The van der Waals surface area contributed by atoms with E-state index >= 15 is 0 Å². The van der Waals surface area contributed by atoms with Crippen LogP contribution in [0.3, 0.4) is 0 Å². The summed E-state index contributed by atoms with van der Waals surface area (Å²) >= 11 is 1.45. The van der Waals surface area contributed by atoms with E-state index in [-0.39, 0.29) is 18.2 Å². The number of aromatic nitrogens is 1. The van der Waals surface area contributed by atoms with Gasteiger partial charge in [0, 0.05) is 23.4 Å². The van der Waals surface area contributed by atoms with Crippen LogP contribution in [-0.4, -0.2) is 23.1 Å². The molecular formula is C21H21FN2O2S. The van der Waals surface area contributed by atoms with Gasteiger partial charge in [-0.15, -0.1) is 11.3 Å². The zero-order valence-corrected chi connectivity index (χ0v) is 16.0. The van der Waals surface area contributed by atoms with E-state index in [1.807, 2.05) is 43.3 Å². The van der Waals surface area contributed by atoms with E-state index in [9.17, 15) is 9.18 Å². The number of carbonyl (C=O) groups is 1. The number of anilines is 1. The van der Waals surface area contributed by atoms with Gasteiger partial charge in [-0.25, -0.2) is 9.37 Å². The molecule has 0 aliphatic heterocycles. The molecule has 0 amide bonds. The number of halogens is 1. The number of nitrogens with zero attached hydrogens (tertiary/aromatic N) is 1. The van der Waals surface area contributed by atoms with Gasteiger partial charge in [-0.05, 0) is 23.6 Å². The van der Waals surface area contributed by atoms with Crippen LogP contribution in [0, 0.1) is 5.82 Å². The normalized spacial score (nSPS) is 12.0. The van der Waals surface area contributed by atoms with Crippen molar-refractivity contribution in [3.63, 3.8) is 0 Å². The van der Waals surface area contributed by atoms with Crippen molar-refractivity contribution in [1.82, 2.24) is 4.98 Å². The van der Waals surface area contributed by atoms with E-state index < -0.39 is 5.97 Å². The fourth-order valence-corrected chi connectivity index (χ4v) is 4.03. The van der Waals surface area contributed by atoms with Crippen molar-refractivity contribution in [2.24, 2.45) is 0 Å². The summed E-state index contributed by atoms with van der Waals surface area (Å²) in [6.07, 6.45) is 0.464. The number of rotatable bonds is 7. The highest BCUT2D eigenvalue weighted by Gasteiger charge is 2.20. The number of carboxylic acid groups (broad SMARTS) is 1. The first kappa shape index (κ1) is 19.0. The van der Waals surface area contributed by atoms with Crippen LogP contribution in [0.4, 0.5) is 9.52 Å². The van der Waals surface area contributed by atoms with Crippen LogP contribution >= 0.6 is 11.3 Å². The molecule has 1 unspecified atom stereocenters. The molecule has 3 rings (SSSR count). The number of aryl methyl sites for hydroxylation is 1. The molecule has 2 N–H and O–H groups in total. The topological polar surface area (TPSA) is 62.2 Å². The van der Waals surface area contributed by atoms with Crippen LogP contribution in [0.5, 0.6) is 0 Å². The van der Waals surface area contributed by atoms with Gasteiger partial charge >= 0.3 is 5.97 Å². The average molecular weight is 384 g/mol. The lowest BCUT2D eigenvalue weighted by atomic mass is 9.93. The van der Waals surface area contributed by atoms with Crippen molar-refractivity contribution in [3.8, 4) is 11.1 Å². The van der Waals surface area contributed by atoms with Crippen molar-refractivity contribution in [1.29, 1.82) is 0 Å². The minimum atomic E-state index is -0.841. The lowest BCUT2D eigenvalue weighted by molar-refractivity contribution is -0.136. The Labute approximate surface area is 161 Å². The summed E-state index contributed by atoms with van der Waals surface area (Å²) in [5.74, 6) is -1.25. The average Bonchev–Trinajstić information content (AvgIpc) is 3.09. The highest BCUT2D eigenvalue weighted by molar-refractivity contribution is 7.15. The number of nitrogens with one attached hydrogen (secondary N) is 1. The first-order valence-corrected chi connectivity index (χ1v) is 9.55. The Kier molecular flexibility index (Phi) is 5.86. The van der Waals surface area contributed by atoms with E-state index in [1.165, 1.54) is 11.3 Å². The maximum absolute atomic E-state index is 14.7. The predicted molar refractivity (Wildman–Crippen MR) is 107 cm³/mol. The standard InChI is InChI=1S/C21H21FN2O2S/c1-13(20-18(10-11-19(25)26)27-21(23-2)24-20)15-8-9-16(17(22)12-15)14-6-4-3-5-7-14/h3-9,12-13H,10-11H2,1-2H3,(H,23,24)(H,25,26). The lowest BCUT2D eigenvalue weighted by Crippen LogP contribution is -2.03. The third-order valence-electron chi connectivity index (χ3n) is 4.50. The molecule has 0 radical (unpaired) electrons. The SMILES string of the molecule is CNc1nc(C(C)c2ccc(-c3ccccc3)c(F)c2)c(CCC(=O)O)s1. The maximum atomic E-state index is 14.7. The molecule has 3 aromatic rings. The van der Waals surface area contributed by atoms with Gasteiger partial charge in [-0.1, -0.05) is 49.4 Å². The van der Waals surface area contributed by atoms with E-state index in [2.05, 4.69) is 10.3 Å². The zero-order valence-electron chi connectivity index (χ0n) is 15.2. The number of benzene rings is 2. The lowest BCUT2D eigenvalue weighted by Gasteiger charge is -2.13. The Morgan fingerprint density at radius 1 is 1.26 bits per heavy atom.